The highest BCUT2D eigenvalue weighted by atomic mass is 16.5. The summed E-state index contributed by atoms with van der Waals surface area (Å²) in [7, 11) is 1.65. The summed E-state index contributed by atoms with van der Waals surface area (Å²) < 4.78 is 21.8. The Morgan fingerprint density at radius 1 is 1.10 bits per heavy atom. The Bertz CT molecular complexity index is 285. The lowest BCUT2D eigenvalue weighted by atomic mass is 9.96. The second-order valence-corrected chi connectivity index (χ2v) is 4.78. The van der Waals surface area contributed by atoms with Crippen molar-refractivity contribution in [2.24, 2.45) is 11.0 Å². The molecular weight excluding hydrogens is 274 g/mol. The molecule has 0 fully saturated rings. The first-order valence-corrected chi connectivity index (χ1v) is 7.48. The average Bonchev–Trinajstić information content (AvgIpc) is 2.49. The highest BCUT2D eigenvalue weighted by molar-refractivity contribution is 4.73. The lowest BCUT2D eigenvalue weighted by Crippen LogP contribution is -2.33. The zero-order valence-electron chi connectivity index (χ0n) is 13.7. The van der Waals surface area contributed by atoms with Gasteiger partial charge in [-0.2, -0.15) is 0 Å². The largest absolute Gasteiger partial charge is 0.382 e. The summed E-state index contributed by atoms with van der Waals surface area (Å²) in [6.45, 7) is 9.39. The molecule has 7 heteroatoms. The van der Waals surface area contributed by atoms with Gasteiger partial charge in [0.15, 0.2) is 0 Å². The van der Waals surface area contributed by atoms with Crippen LogP contribution in [0.1, 0.15) is 27.2 Å². The van der Waals surface area contributed by atoms with Gasteiger partial charge in [-0.25, -0.2) is 0 Å². The van der Waals surface area contributed by atoms with E-state index in [2.05, 4.69) is 16.9 Å². The standard InChI is InChI=1S/C14H29N3O4/c1-5-19-9-11-21-14(6-7-16-17-15)12(2)13(3)20-10-8-18-4/h12-14H,5-11H2,1-4H3. The van der Waals surface area contributed by atoms with Crippen LogP contribution in [0.25, 0.3) is 10.4 Å². The van der Waals surface area contributed by atoms with Crippen molar-refractivity contribution in [3.63, 3.8) is 0 Å². The molecule has 0 aliphatic carbocycles. The first-order valence-electron chi connectivity index (χ1n) is 7.48. The third kappa shape index (κ3) is 10.5. The minimum atomic E-state index is -0.0199. The van der Waals surface area contributed by atoms with E-state index in [0.29, 0.717) is 46.0 Å². The molecule has 0 aliphatic rings. The highest BCUT2D eigenvalue weighted by Crippen LogP contribution is 2.18. The van der Waals surface area contributed by atoms with Crippen LogP contribution in [0, 0.1) is 5.92 Å². The van der Waals surface area contributed by atoms with Gasteiger partial charge in [0.05, 0.1) is 38.6 Å². The lowest BCUT2D eigenvalue weighted by molar-refractivity contribution is -0.0722. The Kier molecular flexibility index (Phi) is 13.5. The van der Waals surface area contributed by atoms with Crippen molar-refractivity contribution in [1.82, 2.24) is 0 Å². The molecule has 7 nitrogen and oxygen atoms in total. The molecule has 0 saturated carbocycles. The molecule has 0 amide bonds. The Morgan fingerprint density at radius 2 is 1.81 bits per heavy atom. The van der Waals surface area contributed by atoms with E-state index in [0.717, 1.165) is 0 Å². The Morgan fingerprint density at radius 3 is 2.43 bits per heavy atom. The van der Waals surface area contributed by atoms with Crippen LogP contribution in [-0.2, 0) is 18.9 Å². The molecule has 3 unspecified atom stereocenters. The van der Waals surface area contributed by atoms with Crippen LogP contribution in [0.3, 0.4) is 0 Å². The summed E-state index contributed by atoms with van der Waals surface area (Å²) in [5, 5.41) is 3.58. The van der Waals surface area contributed by atoms with Gasteiger partial charge in [0.25, 0.3) is 0 Å². The van der Waals surface area contributed by atoms with Crippen molar-refractivity contribution in [2.45, 2.75) is 39.4 Å². The zero-order chi connectivity index (χ0) is 15.9. The quantitative estimate of drug-likeness (QED) is 0.214. The first kappa shape index (κ1) is 20.1. The van der Waals surface area contributed by atoms with Crippen molar-refractivity contribution >= 4 is 0 Å². The molecule has 0 saturated heterocycles. The molecule has 0 aromatic carbocycles. The molecule has 0 bridgehead atoms. The SMILES string of the molecule is CCOCCOC(CCN=[N+]=[N-])C(C)C(C)OCCOC. The minimum absolute atomic E-state index is 0.0199. The summed E-state index contributed by atoms with van der Waals surface area (Å²) >= 11 is 0. The third-order valence-corrected chi connectivity index (χ3v) is 3.34. The van der Waals surface area contributed by atoms with Crippen LogP contribution in [0.2, 0.25) is 0 Å². The fourth-order valence-corrected chi connectivity index (χ4v) is 1.90. The lowest BCUT2D eigenvalue weighted by Gasteiger charge is -2.29. The molecule has 0 N–H and O–H groups in total. The van der Waals surface area contributed by atoms with E-state index < -0.39 is 0 Å². The molecular formula is C14H29N3O4. The number of rotatable bonds is 14. The molecule has 0 heterocycles. The van der Waals surface area contributed by atoms with Crippen molar-refractivity contribution in [3.05, 3.63) is 10.4 Å². The van der Waals surface area contributed by atoms with Crippen LogP contribution < -0.4 is 0 Å². The molecule has 0 aromatic heterocycles. The van der Waals surface area contributed by atoms with E-state index in [9.17, 15) is 0 Å². The molecule has 0 aliphatic heterocycles. The zero-order valence-corrected chi connectivity index (χ0v) is 13.7. The maximum Gasteiger partial charge on any atom is 0.0704 e. The van der Waals surface area contributed by atoms with Gasteiger partial charge in [0, 0.05) is 31.1 Å². The van der Waals surface area contributed by atoms with Crippen molar-refractivity contribution < 1.29 is 18.9 Å². The molecule has 0 radical (unpaired) electrons. The summed E-state index contributed by atoms with van der Waals surface area (Å²) in [6.07, 6.45) is 0.701. The van der Waals surface area contributed by atoms with Crippen LogP contribution in [0.4, 0.5) is 0 Å². The fraction of sp³-hybridized carbons (Fsp3) is 1.00. The van der Waals surface area contributed by atoms with Crippen LogP contribution in [0.15, 0.2) is 5.11 Å². The molecule has 3 atom stereocenters. The Balaban J connectivity index is 4.27. The summed E-state index contributed by atoms with van der Waals surface area (Å²) in [5.74, 6) is 0.192. The van der Waals surface area contributed by atoms with Crippen LogP contribution >= 0.6 is 0 Å². The highest BCUT2D eigenvalue weighted by Gasteiger charge is 2.23. The molecule has 0 rings (SSSR count). The predicted octanol–water partition coefficient (Wildman–Crippen LogP) is 2.80. The Labute approximate surface area is 127 Å². The van der Waals surface area contributed by atoms with E-state index in [4.69, 9.17) is 24.5 Å². The minimum Gasteiger partial charge on any atom is -0.382 e. The summed E-state index contributed by atoms with van der Waals surface area (Å²) in [6, 6.07) is 0. The van der Waals surface area contributed by atoms with Gasteiger partial charge >= 0.3 is 0 Å². The van der Waals surface area contributed by atoms with E-state index in [-0.39, 0.29) is 18.1 Å². The summed E-state index contributed by atoms with van der Waals surface area (Å²) in [4.78, 5) is 2.78. The first-order chi connectivity index (χ1) is 10.2. The maximum atomic E-state index is 8.38. The van der Waals surface area contributed by atoms with E-state index in [1.54, 1.807) is 7.11 Å². The van der Waals surface area contributed by atoms with Gasteiger partial charge in [-0.05, 0) is 25.8 Å². The monoisotopic (exact) mass is 303 g/mol. The number of nitrogens with zero attached hydrogens (tertiary/aromatic N) is 3. The second-order valence-electron chi connectivity index (χ2n) is 4.78. The van der Waals surface area contributed by atoms with E-state index in [1.807, 2.05) is 13.8 Å². The van der Waals surface area contributed by atoms with E-state index in [1.165, 1.54) is 0 Å². The van der Waals surface area contributed by atoms with Gasteiger partial charge in [0.1, 0.15) is 0 Å². The smallest absolute Gasteiger partial charge is 0.0704 e. The normalized spacial score (nSPS) is 15.2. The van der Waals surface area contributed by atoms with Gasteiger partial charge in [-0.3, -0.25) is 0 Å². The number of hydrogen-bond donors (Lipinski definition) is 0. The second kappa shape index (κ2) is 14.1. The average molecular weight is 303 g/mol. The predicted molar refractivity (Wildman–Crippen MR) is 81.3 cm³/mol. The molecule has 0 spiro atoms. The number of methoxy groups -OCH3 is 1. The third-order valence-electron chi connectivity index (χ3n) is 3.34. The molecule has 124 valence electrons. The van der Waals surface area contributed by atoms with Gasteiger partial charge in [0.2, 0.25) is 0 Å². The molecule has 21 heavy (non-hydrogen) atoms. The summed E-state index contributed by atoms with van der Waals surface area (Å²) in [5.41, 5.74) is 8.38. The van der Waals surface area contributed by atoms with Crippen LogP contribution in [0.5, 0.6) is 0 Å². The maximum absolute atomic E-state index is 8.38. The van der Waals surface area contributed by atoms with Crippen molar-refractivity contribution in [3.8, 4) is 0 Å². The van der Waals surface area contributed by atoms with Gasteiger partial charge < -0.3 is 18.9 Å². The fourth-order valence-electron chi connectivity index (χ4n) is 1.90. The number of ether oxygens (including phenoxy) is 4. The van der Waals surface area contributed by atoms with Gasteiger partial charge in [-0.1, -0.05) is 12.0 Å². The van der Waals surface area contributed by atoms with Crippen molar-refractivity contribution in [1.29, 1.82) is 0 Å². The topological polar surface area (TPSA) is 85.7 Å². The number of hydrogen-bond acceptors (Lipinski definition) is 5. The van der Waals surface area contributed by atoms with Crippen LogP contribution in [-0.4, -0.2) is 58.9 Å². The molecule has 0 aromatic rings. The van der Waals surface area contributed by atoms with E-state index >= 15 is 0 Å². The van der Waals surface area contributed by atoms with Gasteiger partial charge in [-0.15, -0.1) is 0 Å². The van der Waals surface area contributed by atoms with Crippen molar-refractivity contribution in [2.75, 3.05) is 46.7 Å². The number of azide groups is 1. The Hall–Kier alpha value is -0.850.